The van der Waals surface area contributed by atoms with Crippen molar-refractivity contribution >= 4 is 40.9 Å². The van der Waals surface area contributed by atoms with E-state index in [4.69, 9.17) is 4.74 Å². The molecule has 0 radical (unpaired) electrons. The number of hydrogen-bond acceptors (Lipinski definition) is 7. The number of rotatable bonds is 16. The van der Waals surface area contributed by atoms with Gasteiger partial charge in [-0.2, -0.15) is 11.8 Å². The molecule has 0 atom stereocenters. The van der Waals surface area contributed by atoms with Crippen LogP contribution in [-0.4, -0.2) is 61.8 Å². The molecule has 0 saturated carbocycles. The Balaban J connectivity index is 1.30. The standard InChI is InChI=1S/C39H44FN5O4S/c1-49-19-16-42-37(46)14-20-50-27-30-9-6-10-31(22-30)39(48)44-35-12-11-33(45-17-3-2-4-18-45)24-34(35)36-23-32(13-15-41-36)38(47)43-26-29-8-5-7-28(21-29)25-40/h5-13,15,21-24H,2-4,14,16-20,25-27H2,1H3,(H,42,46)(H,43,47)(H,44,48). The molecular formula is C39H44FN5O4S. The van der Waals surface area contributed by atoms with E-state index in [1.165, 1.54) is 6.42 Å². The molecular weight excluding hydrogens is 654 g/mol. The van der Waals surface area contributed by atoms with E-state index in [1.54, 1.807) is 61.5 Å². The SMILES string of the molecule is COCCNC(=O)CCSCc1cccc(C(=O)Nc2ccc(N3CCCCC3)cc2-c2cc(C(=O)NCc3cccc(CF)c3)ccn2)c1. The summed E-state index contributed by atoms with van der Waals surface area (Å²) >= 11 is 1.64. The largest absolute Gasteiger partial charge is 0.383 e. The number of nitrogens with one attached hydrogen (secondary N) is 3. The minimum Gasteiger partial charge on any atom is -0.383 e. The Bertz CT molecular complexity index is 1760. The number of halogens is 1. The first kappa shape index (κ1) is 36.5. The highest BCUT2D eigenvalue weighted by molar-refractivity contribution is 7.98. The van der Waals surface area contributed by atoms with Crippen molar-refractivity contribution in [1.82, 2.24) is 15.6 Å². The predicted octanol–water partition coefficient (Wildman–Crippen LogP) is 6.78. The summed E-state index contributed by atoms with van der Waals surface area (Å²) in [7, 11) is 1.60. The highest BCUT2D eigenvalue weighted by atomic mass is 32.2. The van der Waals surface area contributed by atoms with Crippen molar-refractivity contribution in [2.24, 2.45) is 0 Å². The predicted molar refractivity (Wildman–Crippen MR) is 198 cm³/mol. The smallest absolute Gasteiger partial charge is 0.255 e. The molecule has 1 aromatic heterocycles. The van der Waals surface area contributed by atoms with Gasteiger partial charge in [-0.1, -0.05) is 36.4 Å². The second-order valence-corrected chi connectivity index (χ2v) is 13.2. The summed E-state index contributed by atoms with van der Waals surface area (Å²) in [5.74, 6) is 0.788. The highest BCUT2D eigenvalue weighted by Gasteiger charge is 2.18. The number of carbonyl (C=O) groups is 3. The zero-order valence-corrected chi connectivity index (χ0v) is 29.2. The van der Waals surface area contributed by atoms with Gasteiger partial charge in [-0.3, -0.25) is 19.4 Å². The number of benzene rings is 3. The molecule has 1 aliphatic heterocycles. The minimum absolute atomic E-state index is 0.00844. The molecule has 0 aliphatic carbocycles. The lowest BCUT2D eigenvalue weighted by atomic mass is 10.0. The molecule has 1 saturated heterocycles. The van der Waals surface area contributed by atoms with E-state index >= 15 is 0 Å². The van der Waals surface area contributed by atoms with Crippen LogP contribution in [0.2, 0.25) is 0 Å². The summed E-state index contributed by atoms with van der Waals surface area (Å²) in [6.45, 7) is 2.58. The Labute approximate surface area is 297 Å². The van der Waals surface area contributed by atoms with E-state index in [2.05, 4.69) is 25.8 Å². The lowest BCUT2D eigenvalue weighted by Crippen LogP contribution is -2.29. The van der Waals surface area contributed by atoms with Crippen molar-refractivity contribution in [3.05, 3.63) is 113 Å². The average molecular weight is 698 g/mol. The molecule has 11 heteroatoms. The first-order valence-corrected chi connectivity index (χ1v) is 18.1. The van der Waals surface area contributed by atoms with Crippen LogP contribution in [0.4, 0.5) is 15.8 Å². The topological polar surface area (TPSA) is 113 Å². The molecule has 1 fully saturated rings. The Morgan fingerprint density at radius 3 is 2.46 bits per heavy atom. The lowest BCUT2D eigenvalue weighted by Gasteiger charge is -2.29. The maximum Gasteiger partial charge on any atom is 0.255 e. The number of ether oxygens (including phenoxy) is 1. The fourth-order valence-corrected chi connectivity index (χ4v) is 6.65. The molecule has 0 spiro atoms. The van der Waals surface area contributed by atoms with Crippen LogP contribution in [-0.2, 0) is 28.5 Å². The number of hydrogen-bond donors (Lipinski definition) is 3. The Hall–Kier alpha value is -4.74. The van der Waals surface area contributed by atoms with Gasteiger partial charge in [-0.15, -0.1) is 0 Å². The van der Waals surface area contributed by atoms with E-state index in [9.17, 15) is 18.8 Å². The second kappa shape index (κ2) is 18.9. The van der Waals surface area contributed by atoms with Crippen LogP contribution < -0.4 is 20.9 Å². The van der Waals surface area contributed by atoms with Crippen molar-refractivity contribution in [2.45, 2.75) is 44.7 Å². The molecule has 3 aromatic carbocycles. The van der Waals surface area contributed by atoms with Gasteiger partial charge in [-0.05, 0) is 78.4 Å². The Morgan fingerprint density at radius 1 is 0.860 bits per heavy atom. The van der Waals surface area contributed by atoms with Crippen molar-refractivity contribution < 1.29 is 23.5 Å². The van der Waals surface area contributed by atoms with Crippen LogP contribution in [0.15, 0.2) is 85.1 Å². The van der Waals surface area contributed by atoms with Crippen molar-refractivity contribution in [3.8, 4) is 11.3 Å². The summed E-state index contributed by atoms with van der Waals surface area (Å²) in [6, 6.07) is 23.9. The van der Waals surface area contributed by atoms with Crippen LogP contribution in [0, 0.1) is 0 Å². The molecule has 9 nitrogen and oxygen atoms in total. The third kappa shape index (κ3) is 10.6. The molecule has 3 N–H and O–H groups in total. The fraction of sp³-hybridized carbons (Fsp3) is 0.333. The summed E-state index contributed by atoms with van der Waals surface area (Å²) in [6.07, 6.45) is 5.45. The number of anilines is 2. The number of pyridine rings is 1. The molecule has 5 rings (SSSR count). The van der Waals surface area contributed by atoms with Gasteiger partial charge in [0.2, 0.25) is 5.91 Å². The van der Waals surface area contributed by atoms with Crippen LogP contribution in [0.1, 0.15) is 63.1 Å². The molecule has 1 aliphatic rings. The zero-order chi connectivity index (χ0) is 35.1. The first-order chi connectivity index (χ1) is 24.4. The van der Waals surface area contributed by atoms with Crippen molar-refractivity contribution in [1.29, 1.82) is 0 Å². The van der Waals surface area contributed by atoms with Crippen LogP contribution in [0.3, 0.4) is 0 Å². The van der Waals surface area contributed by atoms with Gasteiger partial charge in [0.15, 0.2) is 0 Å². The number of carbonyl (C=O) groups excluding carboxylic acids is 3. The summed E-state index contributed by atoms with van der Waals surface area (Å²) in [4.78, 5) is 45.8. The average Bonchev–Trinajstić information content (AvgIpc) is 3.16. The van der Waals surface area contributed by atoms with Gasteiger partial charge in [0.1, 0.15) is 6.67 Å². The van der Waals surface area contributed by atoms with Crippen LogP contribution >= 0.6 is 11.8 Å². The monoisotopic (exact) mass is 697 g/mol. The molecule has 3 amide bonds. The van der Waals surface area contributed by atoms with Gasteiger partial charge in [0, 0.05) is 79.8 Å². The third-order valence-electron chi connectivity index (χ3n) is 8.43. The molecule has 262 valence electrons. The van der Waals surface area contributed by atoms with Crippen molar-refractivity contribution in [3.63, 3.8) is 0 Å². The number of piperidine rings is 1. The number of amides is 3. The fourth-order valence-electron chi connectivity index (χ4n) is 5.76. The van der Waals surface area contributed by atoms with Gasteiger partial charge < -0.3 is 25.6 Å². The summed E-state index contributed by atoms with van der Waals surface area (Å²) in [5, 5.41) is 8.84. The number of nitrogens with zero attached hydrogens (tertiary/aromatic N) is 2. The number of thioether (sulfide) groups is 1. The van der Waals surface area contributed by atoms with Gasteiger partial charge in [-0.25, -0.2) is 4.39 Å². The van der Waals surface area contributed by atoms with Gasteiger partial charge in [0.25, 0.3) is 11.8 Å². The van der Waals surface area contributed by atoms with E-state index in [0.29, 0.717) is 64.7 Å². The molecule has 50 heavy (non-hydrogen) atoms. The second-order valence-electron chi connectivity index (χ2n) is 12.1. The number of aromatic nitrogens is 1. The number of methoxy groups -OCH3 is 1. The van der Waals surface area contributed by atoms with Crippen LogP contribution in [0.25, 0.3) is 11.3 Å². The van der Waals surface area contributed by atoms with Gasteiger partial charge >= 0.3 is 0 Å². The molecule has 4 aromatic rings. The van der Waals surface area contributed by atoms with Crippen molar-refractivity contribution in [2.75, 3.05) is 49.3 Å². The summed E-state index contributed by atoms with van der Waals surface area (Å²) in [5.41, 5.74) is 6.19. The van der Waals surface area contributed by atoms with Gasteiger partial charge in [0.05, 0.1) is 18.0 Å². The normalized spacial score (nSPS) is 12.7. The highest BCUT2D eigenvalue weighted by Crippen LogP contribution is 2.33. The van der Waals surface area contributed by atoms with E-state index in [0.717, 1.165) is 42.7 Å². The maximum atomic E-state index is 13.6. The van der Waals surface area contributed by atoms with E-state index in [-0.39, 0.29) is 24.3 Å². The minimum atomic E-state index is -0.563. The number of alkyl halides is 1. The van der Waals surface area contributed by atoms with E-state index < -0.39 is 6.67 Å². The lowest BCUT2D eigenvalue weighted by molar-refractivity contribution is -0.120. The molecule has 0 unspecified atom stereocenters. The summed E-state index contributed by atoms with van der Waals surface area (Å²) < 4.78 is 18.1. The first-order valence-electron chi connectivity index (χ1n) is 16.9. The zero-order valence-electron chi connectivity index (χ0n) is 28.4. The quantitative estimate of drug-likeness (QED) is 0.111. The molecule has 2 heterocycles. The molecule has 0 bridgehead atoms. The Kier molecular flexibility index (Phi) is 13.8. The van der Waals surface area contributed by atoms with Crippen LogP contribution in [0.5, 0.6) is 0 Å². The van der Waals surface area contributed by atoms with E-state index in [1.807, 2.05) is 42.5 Å². The third-order valence-corrected chi connectivity index (χ3v) is 9.46. The maximum absolute atomic E-state index is 13.6. The Morgan fingerprint density at radius 2 is 1.64 bits per heavy atom.